The smallest absolute Gasteiger partial charge is 0.262 e. The maximum Gasteiger partial charge on any atom is 0.262 e. The summed E-state index contributed by atoms with van der Waals surface area (Å²) in [4.78, 5) is 11.0. The van der Waals surface area contributed by atoms with Crippen molar-refractivity contribution < 1.29 is 4.79 Å². The molecule has 2 nitrogen and oxygen atoms in total. The average molecular weight is 234 g/mol. The summed E-state index contributed by atoms with van der Waals surface area (Å²) in [7, 11) is 0. The van der Waals surface area contributed by atoms with Gasteiger partial charge in [0.05, 0.1) is 10.6 Å². The van der Waals surface area contributed by atoms with E-state index in [2.05, 4.69) is 20.5 Å². The number of halogens is 2. The van der Waals surface area contributed by atoms with Gasteiger partial charge in [0.1, 0.15) is 0 Å². The van der Waals surface area contributed by atoms with Gasteiger partial charge < -0.3 is 0 Å². The molecule has 1 N–H and O–H groups in total. The Morgan fingerprint density at radius 2 is 2.09 bits per heavy atom. The van der Waals surface area contributed by atoms with Crippen LogP contribution in [0.3, 0.4) is 0 Å². The van der Waals surface area contributed by atoms with Crippen LogP contribution in [0.2, 0.25) is 5.02 Å². The lowest BCUT2D eigenvalue weighted by Gasteiger charge is -1.98. The summed E-state index contributed by atoms with van der Waals surface area (Å²) in [5, 5.41) is 0.449. The molecule has 0 aromatic heterocycles. The zero-order valence-corrected chi connectivity index (χ0v) is 7.82. The van der Waals surface area contributed by atoms with Gasteiger partial charge in [0.25, 0.3) is 5.91 Å². The molecule has 0 aliphatic rings. The fourth-order valence-electron chi connectivity index (χ4n) is 0.696. The van der Waals surface area contributed by atoms with Crippen LogP contribution in [0, 0.1) is 0 Å². The van der Waals surface area contributed by atoms with E-state index >= 15 is 0 Å². The van der Waals surface area contributed by atoms with Gasteiger partial charge in [-0.15, -0.1) is 0 Å². The molecule has 0 aliphatic carbocycles. The molecule has 0 unspecified atom stereocenters. The van der Waals surface area contributed by atoms with Gasteiger partial charge in [-0.1, -0.05) is 23.7 Å². The molecule has 0 radical (unpaired) electrons. The van der Waals surface area contributed by atoms with Crippen molar-refractivity contribution in [2.75, 3.05) is 0 Å². The molecule has 0 saturated heterocycles. The first-order valence-electron chi connectivity index (χ1n) is 2.91. The molecule has 0 fully saturated rings. The second-order valence-corrected chi connectivity index (χ2v) is 2.71. The first kappa shape index (κ1) is 8.56. The first-order valence-corrected chi connectivity index (χ1v) is 4.08. The highest BCUT2D eigenvalue weighted by molar-refractivity contribution is 9.08. The van der Waals surface area contributed by atoms with E-state index in [4.69, 9.17) is 11.6 Å². The van der Waals surface area contributed by atoms with E-state index in [9.17, 15) is 4.79 Å². The number of hydrogen-bond donors (Lipinski definition) is 1. The third-order valence-corrected chi connectivity index (χ3v) is 1.89. The first-order chi connectivity index (χ1) is 5.25. The minimum Gasteiger partial charge on any atom is -0.288 e. The molecule has 1 aromatic rings. The zero-order chi connectivity index (χ0) is 8.27. The van der Waals surface area contributed by atoms with Crippen LogP contribution in [0.15, 0.2) is 24.3 Å². The van der Waals surface area contributed by atoms with Crippen LogP contribution < -0.4 is 4.34 Å². The monoisotopic (exact) mass is 233 g/mol. The summed E-state index contributed by atoms with van der Waals surface area (Å²) in [6.45, 7) is 0. The Balaban J connectivity index is 3.03. The lowest BCUT2D eigenvalue weighted by molar-refractivity contribution is 0.0987. The quantitative estimate of drug-likeness (QED) is 0.743. The molecule has 1 rings (SSSR count). The van der Waals surface area contributed by atoms with Gasteiger partial charge >= 0.3 is 0 Å². The predicted octanol–water partition coefficient (Wildman–Crippen LogP) is 2.38. The van der Waals surface area contributed by atoms with Gasteiger partial charge in [-0.2, -0.15) is 0 Å². The Labute approximate surface area is 77.9 Å². The molecule has 0 bridgehead atoms. The van der Waals surface area contributed by atoms with Crippen LogP contribution in [0.5, 0.6) is 0 Å². The second kappa shape index (κ2) is 3.74. The highest BCUT2D eigenvalue weighted by Gasteiger charge is 2.06. The molecular weight excluding hydrogens is 229 g/mol. The second-order valence-electron chi connectivity index (χ2n) is 1.90. The zero-order valence-electron chi connectivity index (χ0n) is 5.47. The van der Waals surface area contributed by atoms with E-state index < -0.39 is 0 Å². The van der Waals surface area contributed by atoms with E-state index in [0.717, 1.165) is 0 Å². The van der Waals surface area contributed by atoms with Gasteiger partial charge in [-0.05, 0) is 12.1 Å². The summed E-state index contributed by atoms with van der Waals surface area (Å²) in [5.74, 6) is -0.240. The maximum atomic E-state index is 11.0. The Kier molecular flexibility index (Phi) is 2.91. The van der Waals surface area contributed by atoms with Crippen molar-refractivity contribution in [1.82, 2.24) is 4.34 Å². The van der Waals surface area contributed by atoms with Gasteiger partial charge in [-0.25, -0.2) is 0 Å². The van der Waals surface area contributed by atoms with Gasteiger partial charge in [0.15, 0.2) is 0 Å². The van der Waals surface area contributed by atoms with Crippen molar-refractivity contribution in [1.29, 1.82) is 0 Å². The Bertz CT molecular complexity index is 277. The molecular formula is C7H5BrClNO. The number of benzene rings is 1. The minimum absolute atomic E-state index is 0.240. The van der Waals surface area contributed by atoms with Crippen molar-refractivity contribution in [3.05, 3.63) is 34.9 Å². The van der Waals surface area contributed by atoms with Crippen molar-refractivity contribution in [3.63, 3.8) is 0 Å². The molecule has 0 atom stereocenters. The lowest BCUT2D eigenvalue weighted by Crippen LogP contribution is -2.11. The molecule has 11 heavy (non-hydrogen) atoms. The van der Waals surface area contributed by atoms with Crippen LogP contribution >= 0.6 is 27.7 Å². The third-order valence-electron chi connectivity index (χ3n) is 1.20. The van der Waals surface area contributed by atoms with Crippen molar-refractivity contribution >= 4 is 33.7 Å². The fraction of sp³-hybridized carbons (Fsp3) is 0. The van der Waals surface area contributed by atoms with Crippen LogP contribution in [0.4, 0.5) is 0 Å². The van der Waals surface area contributed by atoms with E-state index in [1.165, 1.54) is 0 Å². The topological polar surface area (TPSA) is 29.1 Å². The molecule has 1 amide bonds. The molecule has 0 heterocycles. The van der Waals surface area contributed by atoms with Crippen LogP contribution in [0.25, 0.3) is 0 Å². The van der Waals surface area contributed by atoms with Crippen LogP contribution in [-0.4, -0.2) is 5.91 Å². The van der Waals surface area contributed by atoms with E-state index in [-0.39, 0.29) is 5.91 Å². The Hall–Kier alpha value is -0.540. The van der Waals surface area contributed by atoms with Gasteiger partial charge in [0, 0.05) is 16.1 Å². The highest BCUT2D eigenvalue weighted by Crippen LogP contribution is 2.14. The minimum atomic E-state index is -0.240. The Morgan fingerprint density at radius 1 is 1.45 bits per heavy atom. The van der Waals surface area contributed by atoms with Crippen molar-refractivity contribution in [2.45, 2.75) is 0 Å². The summed E-state index contributed by atoms with van der Waals surface area (Å²) >= 11 is 8.54. The van der Waals surface area contributed by atoms with E-state index in [1.807, 2.05) is 0 Å². The standard InChI is InChI=1S/C7H5BrClNO/c8-10-7(11)5-3-1-2-4-6(5)9/h1-4H,(H,10,11). The molecule has 0 aliphatic heterocycles. The van der Waals surface area contributed by atoms with Gasteiger partial charge in [-0.3, -0.25) is 9.14 Å². The predicted molar refractivity (Wildman–Crippen MR) is 47.8 cm³/mol. The maximum absolute atomic E-state index is 11.0. The molecule has 58 valence electrons. The SMILES string of the molecule is O=C(NBr)c1ccccc1Cl. The number of amides is 1. The largest absolute Gasteiger partial charge is 0.288 e. The van der Waals surface area contributed by atoms with Crippen molar-refractivity contribution in [2.24, 2.45) is 0 Å². The van der Waals surface area contributed by atoms with Crippen molar-refractivity contribution in [3.8, 4) is 0 Å². The van der Waals surface area contributed by atoms with Gasteiger partial charge in [0.2, 0.25) is 0 Å². The number of rotatable bonds is 1. The van der Waals surface area contributed by atoms with Crippen LogP contribution in [0.1, 0.15) is 10.4 Å². The summed E-state index contributed by atoms with van der Waals surface area (Å²) in [5.41, 5.74) is 0.464. The molecule has 0 saturated carbocycles. The normalized spacial score (nSPS) is 9.27. The highest BCUT2D eigenvalue weighted by atomic mass is 79.9. The number of hydrogen-bond acceptors (Lipinski definition) is 1. The number of nitrogens with one attached hydrogen (secondary N) is 1. The molecule has 0 spiro atoms. The summed E-state index contributed by atoms with van der Waals surface area (Å²) in [6, 6.07) is 6.84. The fourth-order valence-corrected chi connectivity index (χ4v) is 1.13. The van der Waals surface area contributed by atoms with E-state index in [0.29, 0.717) is 10.6 Å². The van der Waals surface area contributed by atoms with Crippen LogP contribution in [-0.2, 0) is 0 Å². The third kappa shape index (κ3) is 1.94. The number of carbonyl (C=O) groups excluding carboxylic acids is 1. The number of carbonyl (C=O) groups is 1. The average Bonchev–Trinajstić information content (AvgIpc) is 2.04. The Morgan fingerprint density at radius 3 is 2.64 bits per heavy atom. The summed E-state index contributed by atoms with van der Waals surface area (Å²) < 4.78 is 2.31. The summed E-state index contributed by atoms with van der Waals surface area (Å²) in [6.07, 6.45) is 0. The molecule has 4 heteroatoms. The van der Waals surface area contributed by atoms with E-state index in [1.54, 1.807) is 24.3 Å². The molecule has 1 aromatic carbocycles. The lowest BCUT2D eigenvalue weighted by atomic mass is 10.2.